The molecular weight excluding hydrogens is 262 g/mol. The molecule has 1 aromatic heterocycles. The first-order valence-electron chi connectivity index (χ1n) is 7.14. The number of aromatic nitrogens is 2. The minimum absolute atomic E-state index is 0.290. The van der Waals surface area contributed by atoms with Crippen LogP contribution in [-0.4, -0.2) is 10.2 Å². The monoisotopic (exact) mass is 281 g/mol. The van der Waals surface area contributed by atoms with Crippen LogP contribution in [0.25, 0.3) is 0 Å². The Balaban J connectivity index is 2.47. The van der Waals surface area contributed by atoms with E-state index in [2.05, 4.69) is 16.3 Å². The van der Waals surface area contributed by atoms with E-state index >= 15 is 0 Å². The lowest BCUT2D eigenvalue weighted by Crippen LogP contribution is -2.05. The maximum atomic E-state index is 9.44. The van der Waals surface area contributed by atoms with Crippen molar-refractivity contribution >= 4 is 0 Å². The zero-order valence-corrected chi connectivity index (χ0v) is 12.9. The summed E-state index contributed by atoms with van der Waals surface area (Å²) < 4.78 is 5.83. The molecule has 4 heteroatoms. The SMILES string of the molecule is CCc1nnc(Oc2ccc(C)cc2C)c(C#N)c1CC. The minimum Gasteiger partial charge on any atom is -0.436 e. The summed E-state index contributed by atoms with van der Waals surface area (Å²) in [7, 11) is 0. The smallest absolute Gasteiger partial charge is 0.257 e. The molecule has 4 nitrogen and oxygen atoms in total. The summed E-state index contributed by atoms with van der Waals surface area (Å²) in [6, 6.07) is 8.12. The molecule has 0 aliphatic carbocycles. The second-order valence-corrected chi connectivity index (χ2v) is 5.00. The van der Waals surface area contributed by atoms with E-state index in [1.165, 1.54) is 5.56 Å². The average molecular weight is 281 g/mol. The van der Waals surface area contributed by atoms with Crippen LogP contribution in [0.1, 0.15) is 41.8 Å². The van der Waals surface area contributed by atoms with Crippen LogP contribution in [0.3, 0.4) is 0 Å². The predicted molar refractivity (Wildman–Crippen MR) is 81.5 cm³/mol. The van der Waals surface area contributed by atoms with Crippen molar-refractivity contribution in [1.29, 1.82) is 5.26 Å². The quantitative estimate of drug-likeness (QED) is 0.853. The van der Waals surface area contributed by atoms with E-state index in [4.69, 9.17) is 4.74 Å². The lowest BCUT2D eigenvalue weighted by atomic mass is 10.0. The number of nitrogens with zero attached hydrogens (tertiary/aromatic N) is 3. The van der Waals surface area contributed by atoms with Crippen molar-refractivity contribution in [3.63, 3.8) is 0 Å². The van der Waals surface area contributed by atoms with Crippen LogP contribution in [0.4, 0.5) is 0 Å². The lowest BCUT2D eigenvalue weighted by Gasteiger charge is -2.12. The highest BCUT2D eigenvalue weighted by Gasteiger charge is 2.16. The van der Waals surface area contributed by atoms with Gasteiger partial charge in [0, 0.05) is 0 Å². The number of hydrogen-bond donors (Lipinski definition) is 0. The number of rotatable bonds is 4. The molecule has 2 aromatic rings. The van der Waals surface area contributed by atoms with E-state index in [-0.39, 0.29) is 0 Å². The fourth-order valence-electron chi connectivity index (χ4n) is 2.36. The third kappa shape index (κ3) is 3.03. The fraction of sp³-hybridized carbons (Fsp3) is 0.353. The number of hydrogen-bond acceptors (Lipinski definition) is 4. The summed E-state index contributed by atoms with van der Waals surface area (Å²) in [6.07, 6.45) is 1.50. The van der Waals surface area contributed by atoms with Gasteiger partial charge in [-0.15, -0.1) is 5.10 Å². The third-order valence-corrected chi connectivity index (χ3v) is 3.46. The van der Waals surface area contributed by atoms with Gasteiger partial charge in [-0.3, -0.25) is 0 Å². The van der Waals surface area contributed by atoms with Crippen molar-refractivity contribution in [2.45, 2.75) is 40.5 Å². The highest BCUT2D eigenvalue weighted by molar-refractivity contribution is 5.48. The zero-order valence-electron chi connectivity index (χ0n) is 12.9. The molecule has 0 saturated heterocycles. The highest BCUT2D eigenvalue weighted by atomic mass is 16.5. The Bertz CT molecular complexity index is 702. The Morgan fingerprint density at radius 1 is 1.14 bits per heavy atom. The van der Waals surface area contributed by atoms with Crippen molar-refractivity contribution in [2.24, 2.45) is 0 Å². The molecule has 2 rings (SSSR count). The van der Waals surface area contributed by atoms with Crippen molar-refractivity contribution in [3.8, 4) is 17.7 Å². The Kier molecular flexibility index (Phi) is 4.54. The normalized spacial score (nSPS) is 10.2. The number of ether oxygens (including phenoxy) is 1. The molecule has 21 heavy (non-hydrogen) atoms. The van der Waals surface area contributed by atoms with E-state index in [0.29, 0.717) is 17.2 Å². The molecule has 0 spiro atoms. The van der Waals surface area contributed by atoms with E-state index in [9.17, 15) is 5.26 Å². The summed E-state index contributed by atoms with van der Waals surface area (Å²) in [4.78, 5) is 0. The van der Waals surface area contributed by atoms with Crippen LogP contribution in [0.15, 0.2) is 18.2 Å². The highest BCUT2D eigenvalue weighted by Crippen LogP contribution is 2.29. The third-order valence-electron chi connectivity index (χ3n) is 3.46. The van der Waals surface area contributed by atoms with Crippen LogP contribution < -0.4 is 4.74 Å². The van der Waals surface area contributed by atoms with E-state index in [0.717, 1.165) is 29.7 Å². The molecule has 0 aliphatic rings. The molecule has 0 saturated carbocycles. The van der Waals surface area contributed by atoms with Crippen molar-refractivity contribution in [3.05, 3.63) is 46.1 Å². The lowest BCUT2D eigenvalue weighted by molar-refractivity contribution is 0.447. The van der Waals surface area contributed by atoms with Gasteiger partial charge in [-0.05, 0) is 43.9 Å². The van der Waals surface area contributed by atoms with Crippen molar-refractivity contribution < 1.29 is 4.74 Å². The first-order chi connectivity index (χ1) is 10.1. The molecule has 0 amide bonds. The van der Waals surface area contributed by atoms with Gasteiger partial charge in [-0.1, -0.05) is 31.5 Å². The zero-order chi connectivity index (χ0) is 15.4. The Morgan fingerprint density at radius 3 is 2.48 bits per heavy atom. The van der Waals surface area contributed by atoms with Gasteiger partial charge in [-0.25, -0.2) is 0 Å². The number of aryl methyl sites for hydroxylation is 3. The topological polar surface area (TPSA) is 58.8 Å². The van der Waals surface area contributed by atoms with E-state index in [1.807, 2.05) is 45.9 Å². The summed E-state index contributed by atoms with van der Waals surface area (Å²) >= 11 is 0. The molecule has 1 aromatic carbocycles. The van der Waals surface area contributed by atoms with Crippen LogP contribution in [-0.2, 0) is 12.8 Å². The van der Waals surface area contributed by atoms with Gasteiger partial charge >= 0.3 is 0 Å². The molecule has 0 bridgehead atoms. The molecule has 0 N–H and O–H groups in total. The van der Waals surface area contributed by atoms with Crippen LogP contribution in [0, 0.1) is 25.2 Å². The minimum atomic E-state index is 0.290. The van der Waals surface area contributed by atoms with Gasteiger partial charge < -0.3 is 4.74 Å². The maximum absolute atomic E-state index is 9.44. The van der Waals surface area contributed by atoms with Crippen LogP contribution >= 0.6 is 0 Å². The molecule has 0 aliphatic heterocycles. The fourth-order valence-corrected chi connectivity index (χ4v) is 2.36. The van der Waals surface area contributed by atoms with Crippen molar-refractivity contribution in [1.82, 2.24) is 10.2 Å². The van der Waals surface area contributed by atoms with Gasteiger partial charge in [0.15, 0.2) is 0 Å². The Labute approximate surface area is 125 Å². The average Bonchev–Trinajstić information content (AvgIpc) is 2.49. The number of nitriles is 1. The summed E-state index contributed by atoms with van der Waals surface area (Å²) in [5.41, 5.74) is 4.46. The Morgan fingerprint density at radius 2 is 1.90 bits per heavy atom. The molecule has 1 heterocycles. The molecular formula is C17H19N3O. The first-order valence-corrected chi connectivity index (χ1v) is 7.14. The van der Waals surface area contributed by atoms with Crippen LogP contribution in [0.5, 0.6) is 11.6 Å². The second kappa shape index (κ2) is 6.36. The summed E-state index contributed by atoms with van der Waals surface area (Å²) in [5.74, 6) is 0.996. The van der Waals surface area contributed by atoms with Crippen LogP contribution in [0.2, 0.25) is 0 Å². The van der Waals surface area contributed by atoms with Gasteiger partial charge in [0.2, 0.25) is 0 Å². The molecule has 0 atom stereocenters. The maximum Gasteiger partial charge on any atom is 0.257 e. The largest absolute Gasteiger partial charge is 0.436 e. The standard InChI is InChI=1S/C17H19N3O/c1-5-13-14(10-18)17(20-19-15(13)6-2)21-16-8-7-11(3)9-12(16)4/h7-9H,5-6H2,1-4H3. The molecule has 0 radical (unpaired) electrons. The molecule has 0 fully saturated rings. The summed E-state index contributed by atoms with van der Waals surface area (Å²) in [6.45, 7) is 8.03. The van der Waals surface area contributed by atoms with Gasteiger partial charge in [-0.2, -0.15) is 10.4 Å². The van der Waals surface area contributed by atoms with Gasteiger partial charge in [0.1, 0.15) is 17.4 Å². The predicted octanol–water partition coefficient (Wildman–Crippen LogP) is 3.88. The van der Waals surface area contributed by atoms with Gasteiger partial charge in [0.05, 0.1) is 5.69 Å². The van der Waals surface area contributed by atoms with Gasteiger partial charge in [0.25, 0.3) is 5.88 Å². The first kappa shape index (κ1) is 15.0. The number of benzene rings is 1. The Hall–Kier alpha value is -2.41. The van der Waals surface area contributed by atoms with Crippen molar-refractivity contribution in [2.75, 3.05) is 0 Å². The van der Waals surface area contributed by atoms with E-state index in [1.54, 1.807) is 0 Å². The second-order valence-electron chi connectivity index (χ2n) is 5.00. The summed E-state index contributed by atoms with van der Waals surface area (Å²) in [5, 5.41) is 17.7. The van der Waals surface area contributed by atoms with E-state index < -0.39 is 0 Å². The molecule has 0 unspecified atom stereocenters. The molecule has 108 valence electrons.